The van der Waals surface area contributed by atoms with Gasteiger partial charge in [-0.15, -0.1) is 0 Å². The molecule has 2 amide bonds. The van der Waals surface area contributed by atoms with Crippen LogP contribution in [0.25, 0.3) is 22.0 Å². The summed E-state index contributed by atoms with van der Waals surface area (Å²) < 4.78 is 70.1. The van der Waals surface area contributed by atoms with Crippen LogP contribution in [0, 0.1) is 29.1 Å². The standard InChI is InChI=1S/C31H23F5N4O2/c1-37-31(42)23-10-17(4-5-24(23)34)21-3-2-6-38-30(21)28(9-16-7-19(32)12-20(33)8-16)40-29(41)11-18-15-39-27-14-26(36)25(35)13-22(18)27/h2-8,10,12-15,28,39H,9,11H2,1H3,(H,37,42)(H,40,41)/t28-/m0/s1. The number of carbonyl (C=O) groups is 2. The summed E-state index contributed by atoms with van der Waals surface area (Å²) in [4.78, 5) is 32.8. The number of benzene rings is 3. The first-order valence-corrected chi connectivity index (χ1v) is 12.8. The molecule has 1 atom stereocenters. The van der Waals surface area contributed by atoms with Gasteiger partial charge in [0.2, 0.25) is 5.91 Å². The van der Waals surface area contributed by atoms with Crippen LogP contribution in [0.5, 0.6) is 0 Å². The Balaban J connectivity index is 1.53. The van der Waals surface area contributed by atoms with Gasteiger partial charge in [-0.3, -0.25) is 14.6 Å². The van der Waals surface area contributed by atoms with Crippen LogP contribution in [0.3, 0.4) is 0 Å². The van der Waals surface area contributed by atoms with Crippen LogP contribution >= 0.6 is 0 Å². The maximum Gasteiger partial charge on any atom is 0.254 e. The molecular weight excluding hydrogens is 555 g/mol. The molecule has 0 aliphatic rings. The summed E-state index contributed by atoms with van der Waals surface area (Å²) in [6.07, 6.45) is 2.61. The summed E-state index contributed by atoms with van der Waals surface area (Å²) in [5.41, 5.74) is 1.86. The normalized spacial score (nSPS) is 11.9. The van der Waals surface area contributed by atoms with Crippen LogP contribution in [0.4, 0.5) is 22.0 Å². The van der Waals surface area contributed by atoms with Gasteiger partial charge in [0.05, 0.1) is 23.7 Å². The van der Waals surface area contributed by atoms with Crippen LogP contribution in [-0.4, -0.2) is 28.8 Å². The Morgan fingerprint density at radius 2 is 1.64 bits per heavy atom. The number of carbonyl (C=O) groups excluding carboxylic acids is 2. The molecule has 42 heavy (non-hydrogen) atoms. The molecule has 214 valence electrons. The Kier molecular flexibility index (Phi) is 8.01. The van der Waals surface area contributed by atoms with Crippen molar-refractivity contribution in [3.05, 3.63) is 125 Å². The zero-order chi connectivity index (χ0) is 30.0. The highest BCUT2D eigenvalue weighted by molar-refractivity contribution is 5.95. The lowest BCUT2D eigenvalue weighted by atomic mass is 9.94. The van der Waals surface area contributed by atoms with Gasteiger partial charge in [-0.2, -0.15) is 0 Å². The van der Waals surface area contributed by atoms with Crippen molar-refractivity contribution in [3.8, 4) is 11.1 Å². The topological polar surface area (TPSA) is 86.9 Å². The van der Waals surface area contributed by atoms with Gasteiger partial charge < -0.3 is 15.6 Å². The van der Waals surface area contributed by atoms with E-state index in [1.54, 1.807) is 12.1 Å². The number of pyridine rings is 1. The molecule has 11 heteroatoms. The molecule has 0 fully saturated rings. The zero-order valence-corrected chi connectivity index (χ0v) is 22.1. The molecule has 5 aromatic rings. The van der Waals surface area contributed by atoms with E-state index in [9.17, 15) is 31.5 Å². The Morgan fingerprint density at radius 3 is 2.38 bits per heavy atom. The average Bonchev–Trinajstić information content (AvgIpc) is 3.32. The van der Waals surface area contributed by atoms with E-state index < -0.39 is 46.9 Å². The van der Waals surface area contributed by atoms with E-state index in [2.05, 4.69) is 20.6 Å². The molecule has 3 aromatic carbocycles. The van der Waals surface area contributed by atoms with Gasteiger partial charge in [0.15, 0.2) is 11.6 Å². The van der Waals surface area contributed by atoms with Crippen molar-refractivity contribution in [3.63, 3.8) is 0 Å². The predicted octanol–water partition coefficient (Wildman–Crippen LogP) is 5.93. The fourth-order valence-electron chi connectivity index (χ4n) is 4.86. The molecule has 0 aliphatic heterocycles. The summed E-state index contributed by atoms with van der Waals surface area (Å²) in [5, 5.41) is 5.54. The third-order valence-corrected chi connectivity index (χ3v) is 6.77. The Morgan fingerprint density at radius 1 is 0.905 bits per heavy atom. The molecule has 3 N–H and O–H groups in total. The fourth-order valence-corrected chi connectivity index (χ4v) is 4.86. The lowest BCUT2D eigenvalue weighted by Crippen LogP contribution is -2.32. The number of hydrogen-bond donors (Lipinski definition) is 3. The lowest BCUT2D eigenvalue weighted by molar-refractivity contribution is -0.121. The highest BCUT2D eigenvalue weighted by Gasteiger charge is 2.23. The first kappa shape index (κ1) is 28.5. The maximum atomic E-state index is 14.4. The third kappa shape index (κ3) is 5.99. The molecule has 5 rings (SSSR count). The van der Waals surface area contributed by atoms with Crippen molar-refractivity contribution in [1.29, 1.82) is 0 Å². The second-order valence-electron chi connectivity index (χ2n) is 9.61. The molecular formula is C31H23F5N4O2. The Bertz CT molecular complexity index is 1800. The Labute approximate surface area is 236 Å². The monoisotopic (exact) mass is 578 g/mol. The molecule has 2 heterocycles. The zero-order valence-electron chi connectivity index (χ0n) is 22.1. The van der Waals surface area contributed by atoms with Gasteiger partial charge in [0.25, 0.3) is 5.91 Å². The second kappa shape index (κ2) is 11.8. The lowest BCUT2D eigenvalue weighted by Gasteiger charge is -2.22. The highest BCUT2D eigenvalue weighted by Crippen LogP contribution is 2.31. The molecule has 0 unspecified atom stereocenters. The number of nitrogens with one attached hydrogen (secondary N) is 3. The van der Waals surface area contributed by atoms with Crippen LogP contribution in [0.15, 0.2) is 73.1 Å². The largest absolute Gasteiger partial charge is 0.361 e. The number of aromatic nitrogens is 2. The van der Waals surface area contributed by atoms with Crippen molar-refractivity contribution >= 4 is 22.7 Å². The van der Waals surface area contributed by atoms with Gasteiger partial charge in [-0.1, -0.05) is 12.1 Å². The van der Waals surface area contributed by atoms with Gasteiger partial charge in [0, 0.05) is 48.0 Å². The smallest absolute Gasteiger partial charge is 0.254 e. The van der Waals surface area contributed by atoms with Crippen molar-refractivity contribution in [2.24, 2.45) is 0 Å². The van der Waals surface area contributed by atoms with Crippen molar-refractivity contribution in [2.75, 3.05) is 7.05 Å². The van der Waals surface area contributed by atoms with Crippen LogP contribution < -0.4 is 10.6 Å². The van der Waals surface area contributed by atoms with E-state index in [-0.39, 0.29) is 29.7 Å². The molecule has 0 saturated heterocycles. The number of H-pyrrole nitrogens is 1. The molecule has 0 saturated carbocycles. The number of amides is 2. The number of nitrogens with zero attached hydrogens (tertiary/aromatic N) is 1. The van der Waals surface area contributed by atoms with E-state index in [1.807, 2.05) is 0 Å². The van der Waals surface area contributed by atoms with Gasteiger partial charge >= 0.3 is 0 Å². The highest BCUT2D eigenvalue weighted by atomic mass is 19.2. The molecule has 0 bridgehead atoms. The molecule has 0 spiro atoms. The number of fused-ring (bicyclic) bond motifs is 1. The Hall–Kier alpha value is -5.06. The van der Waals surface area contributed by atoms with Gasteiger partial charge in [-0.25, -0.2) is 22.0 Å². The summed E-state index contributed by atoms with van der Waals surface area (Å²) in [6.45, 7) is 0. The first-order chi connectivity index (χ1) is 20.1. The van der Waals surface area contributed by atoms with Gasteiger partial charge in [0.1, 0.15) is 17.5 Å². The van der Waals surface area contributed by atoms with Crippen molar-refractivity contribution < 1.29 is 31.5 Å². The van der Waals surface area contributed by atoms with Crippen LogP contribution in [0.1, 0.15) is 33.2 Å². The SMILES string of the molecule is CNC(=O)c1cc(-c2cccnc2[C@H](Cc2cc(F)cc(F)c2)NC(=O)Cc2c[nH]c3cc(F)c(F)cc23)ccc1F. The van der Waals surface area contributed by atoms with E-state index in [0.29, 0.717) is 27.6 Å². The van der Waals surface area contributed by atoms with E-state index in [1.165, 1.54) is 31.6 Å². The first-order valence-electron chi connectivity index (χ1n) is 12.8. The molecule has 0 aliphatic carbocycles. The number of rotatable bonds is 8. The number of hydrogen-bond acceptors (Lipinski definition) is 3. The van der Waals surface area contributed by atoms with E-state index in [4.69, 9.17) is 0 Å². The average molecular weight is 579 g/mol. The summed E-state index contributed by atoms with van der Waals surface area (Å²) in [7, 11) is 1.37. The third-order valence-electron chi connectivity index (χ3n) is 6.77. The summed E-state index contributed by atoms with van der Waals surface area (Å²) in [6, 6.07) is 11.2. The molecule has 6 nitrogen and oxygen atoms in total. The molecule has 0 radical (unpaired) electrons. The number of aromatic amines is 1. The van der Waals surface area contributed by atoms with Gasteiger partial charge in [-0.05, 0) is 59.5 Å². The summed E-state index contributed by atoms with van der Waals surface area (Å²) in [5.74, 6) is -5.64. The minimum absolute atomic E-state index is 0.0817. The molecule has 2 aromatic heterocycles. The second-order valence-corrected chi connectivity index (χ2v) is 9.61. The van der Waals surface area contributed by atoms with Crippen LogP contribution in [-0.2, 0) is 17.6 Å². The minimum atomic E-state index is -1.07. The fraction of sp³-hybridized carbons (Fsp3) is 0.129. The van der Waals surface area contributed by atoms with Crippen molar-refractivity contribution in [2.45, 2.75) is 18.9 Å². The predicted molar refractivity (Wildman–Crippen MR) is 146 cm³/mol. The number of halogens is 5. The van der Waals surface area contributed by atoms with E-state index >= 15 is 0 Å². The van der Waals surface area contributed by atoms with E-state index in [0.717, 1.165) is 36.4 Å². The minimum Gasteiger partial charge on any atom is -0.361 e. The maximum absolute atomic E-state index is 14.4. The summed E-state index contributed by atoms with van der Waals surface area (Å²) >= 11 is 0. The quantitative estimate of drug-likeness (QED) is 0.200. The van der Waals surface area contributed by atoms with Crippen LogP contribution in [0.2, 0.25) is 0 Å². The van der Waals surface area contributed by atoms with Crippen molar-refractivity contribution in [1.82, 2.24) is 20.6 Å².